The van der Waals surface area contributed by atoms with Gasteiger partial charge in [0, 0.05) is 56.1 Å². The lowest BCUT2D eigenvalue weighted by atomic mass is 9.33. The molecule has 15 rings (SSSR count). The summed E-state index contributed by atoms with van der Waals surface area (Å²) in [6.07, 6.45) is 6.88. The molecule has 0 amide bonds. The molecule has 4 aliphatic heterocycles. The topological polar surface area (TPSA) is 9.72 Å². The lowest BCUT2D eigenvalue weighted by Crippen LogP contribution is -2.62. The Balaban J connectivity index is 1.14. The first-order valence-electron chi connectivity index (χ1n) is 32.0. The summed E-state index contributed by atoms with van der Waals surface area (Å²) < 4.78 is 0. The van der Waals surface area contributed by atoms with Crippen molar-refractivity contribution in [2.24, 2.45) is 0 Å². The first-order valence-corrected chi connectivity index (χ1v) is 32.0. The normalized spacial score (nSPS) is 21.4. The van der Waals surface area contributed by atoms with Gasteiger partial charge < -0.3 is 14.7 Å². The van der Waals surface area contributed by atoms with Crippen molar-refractivity contribution >= 4 is 68.6 Å². The Hall–Kier alpha value is -7.56. The van der Waals surface area contributed by atoms with E-state index < -0.39 is 0 Å². The Labute approximate surface area is 508 Å². The van der Waals surface area contributed by atoms with Crippen LogP contribution in [0, 0.1) is 0 Å². The second kappa shape index (κ2) is 18.2. The van der Waals surface area contributed by atoms with Gasteiger partial charge in [-0.15, -0.1) is 0 Å². The number of hydrogen-bond acceptors (Lipinski definition) is 3. The van der Waals surface area contributed by atoms with Crippen LogP contribution in [0.15, 0.2) is 182 Å². The summed E-state index contributed by atoms with van der Waals surface area (Å²) in [4.78, 5) is 8.37. The molecule has 2 aliphatic carbocycles. The van der Waals surface area contributed by atoms with E-state index in [0.717, 1.165) is 19.3 Å². The largest absolute Gasteiger partial charge is 0.334 e. The minimum Gasteiger partial charge on any atom is -0.334 e. The monoisotopic (exact) mass is 1110 g/mol. The van der Waals surface area contributed by atoms with Crippen LogP contribution in [-0.4, -0.2) is 12.3 Å². The van der Waals surface area contributed by atoms with Crippen molar-refractivity contribution in [3.63, 3.8) is 0 Å². The van der Waals surface area contributed by atoms with Gasteiger partial charge in [0.1, 0.15) is 0 Å². The highest BCUT2D eigenvalue weighted by molar-refractivity contribution is 7.00. The fourth-order valence-electron chi connectivity index (χ4n) is 16.8. The van der Waals surface area contributed by atoms with Crippen LogP contribution in [0.5, 0.6) is 0 Å². The maximum Gasteiger partial charge on any atom is 0.252 e. The van der Waals surface area contributed by atoms with E-state index in [1.807, 2.05) is 0 Å². The Morgan fingerprint density at radius 3 is 1.41 bits per heavy atom. The first-order chi connectivity index (χ1) is 40.4. The molecule has 0 aromatic heterocycles. The van der Waals surface area contributed by atoms with Gasteiger partial charge in [0.15, 0.2) is 0 Å². The van der Waals surface area contributed by atoms with Crippen LogP contribution < -0.4 is 31.1 Å². The predicted octanol–water partition coefficient (Wildman–Crippen LogP) is 20.1. The lowest BCUT2D eigenvalue weighted by Gasteiger charge is -2.51. The van der Waals surface area contributed by atoms with Crippen molar-refractivity contribution in [3.05, 3.63) is 221 Å². The standard InChI is InChI=1S/C81H84BN3/c1-75(2,3)54-32-35-67(59(42-54)52-28-20-16-21-29-52)83-69-37-34-57-46-65(69)82-66-48-63-62(78(10,11)40-41-79(63,12)61-49-70-64(47-58(61)51-26-18-15-19-27-51)80(13)38-24-25-39-81(80,14)85(57)70)50-71(66)84(73-45-56(77(7,8)9)44-72(83)74(73)82)68-36-33-55(76(4,5)6)43-60(68)53-30-22-17-23-31-53/h15-23,26-37,42-50H,24-25,38-41H2,1-14H3. The minimum atomic E-state index is -0.315. The van der Waals surface area contributed by atoms with Gasteiger partial charge in [-0.25, -0.2) is 0 Å². The summed E-state index contributed by atoms with van der Waals surface area (Å²) in [7, 11) is 0. The van der Waals surface area contributed by atoms with Crippen LogP contribution in [0.25, 0.3) is 33.4 Å². The Morgan fingerprint density at radius 1 is 0.365 bits per heavy atom. The molecule has 9 aromatic rings. The predicted molar refractivity (Wildman–Crippen MR) is 364 cm³/mol. The fraction of sp³-hybridized carbons (Fsp3) is 0.333. The zero-order valence-electron chi connectivity index (χ0n) is 53.0. The van der Waals surface area contributed by atoms with Crippen LogP contribution in [0.3, 0.4) is 0 Å². The highest BCUT2D eigenvalue weighted by Gasteiger charge is 2.59. The van der Waals surface area contributed by atoms with Crippen LogP contribution in [0.1, 0.15) is 174 Å². The van der Waals surface area contributed by atoms with Gasteiger partial charge in [0.2, 0.25) is 0 Å². The van der Waals surface area contributed by atoms with Crippen LogP contribution in [-0.2, 0) is 32.5 Å². The molecule has 6 aliphatic rings. The lowest BCUT2D eigenvalue weighted by molar-refractivity contribution is 0.195. The maximum absolute atomic E-state index is 2.89. The van der Waals surface area contributed by atoms with Crippen molar-refractivity contribution in [1.29, 1.82) is 0 Å². The van der Waals surface area contributed by atoms with Gasteiger partial charge in [-0.05, 0) is 205 Å². The summed E-state index contributed by atoms with van der Waals surface area (Å²) >= 11 is 0. The first kappa shape index (κ1) is 54.1. The van der Waals surface area contributed by atoms with Gasteiger partial charge in [-0.1, -0.05) is 212 Å². The number of anilines is 8. The van der Waals surface area contributed by atoms with E-state index in [0.29, 0.717) is 0 Å². The molecule has 9 aromatic carbocycles. The van der Waals surface area contributed by atoms with E-state index in [9.17, 15) is 0 Å². The summed E-state index contributed by atoms with van der Waals surface area (Å²) in [6, 6.07) is 72.7. The molecule has 1 saturated carbocycles. The molecular formula is C81H84BN3. The zero-order valence-corrected chi connectivity index (χ0v) is 53.0. The number of nitrogens with zero attached hydrogens (tertiary/aromatic N) is 3. The molecule has 85 heavy (non-hydrogen) atoms. The van der Waals surface area contributed by atoms with E-state index in [2.05, 4.69) is 294 Å². The highest BCUT2D eigenvalue weighted by atomic mass is 15.3. The van der Waals surface area contributed by atoms with Gasteiger partial charge >= 0.3 is 0 Å². The van der Waals surface area contributed by atoms with E-state index in [1.165, 1.54) is 153 Å². The van der Waals surface area contributed by atoms with Gasteiger partial charge in [-0.3, -0.25) is 0 Å². The molecule has 3 atom stereocenters. The molecule has 426 valence electrons. The Bertz CT molecular complexity index is 4230. The smallest absolute Gasteiger partial charge is 0.252 e. The summed E-state index contributed by atoms with van der Waals surface area (Å²) in [5.41, 5.74) is 30.9. The van der Waals surface area contributed by atoms with Gasteiger partial charge in [0.05, 0.1) is 16.9 Å². The third-order valence-corrected chi connectivity index (χ3v) is 22.2. The highest BCUT2D eigenvalue weighted by Crippen LogP contribution is 2.64. The van der Waals surface area contributed by atoms with Crippen LogP contribution in [0.2, 0.25) is 0 Å². The molecule has 1 fully saturated rings. The molecule has 0 N–H and O–H groups in total. The molecule has 0 radical (unpaired) electrons. The molecule has 0 saturated heterocycles. The van der Waals surface area contributed by atoms with Gasteiger partial charge in [-0.2, -0.15) is 0 Å². The van der Waals surface area contributed by atoms with E-state index in [4.69, 9.17) is 0 Å². The van der Waals surface area contributed by atoms with Crippen molar-refractivity contribution in [2.75, 3.05) is 14.7 Å². The molecule has 6 bridgehead atoms. The van der Waals surface area contributed by atoms with Crippen molar-refractivity contribution in [3.8, 4) is 33.4 Å². The third kappa shape index (κ3) is 7.84. The van der Waals surface area contributed by atoms with Crippen molar-refractivity contribution in [2.45, 2.75) is 173 Å². The van der Waals surface area contributed by atoms with Crippen LogP contribution >= 0.6 is 0 Å². The average Bonchev–Trinajstić information content (AvgIpc) is 2.32. The van der Waals surface area contributed by atoms with Gasteiger partial charge in [0.25, 0.3) is 6.71 Å². The van der Waals surface area contributed by atoms with Crippen LogP contribution in [0.4, 0.5) is 45.5 Å². The van der Waals surface area contributed by atoms with Crippen molar-refractivity contribution in [1.82, 2.24) is 0 Å². The molecule has 0 spiro atoms. The van der Waals surface area contributed by atoms with E-state index in [1.54, 1.807) is 0 Å². The summed E-state index contributed by atoms with van der Waals surface area (Å²) in [5.74, 6) is 0. The number of fused-ring (bicyclic) bond motifs is 7. The fourth-order valence-corrected chi connectivity index (χ4v) is 16.8. The number of rotatable bonds is 5. The minimum absolute atomic E-state index is 0.0545. The molecule has 3 unspecified atom stereocenters. The quantitative estimate of drug-likeness (QED) is 0.159. The number of hydrogen-bond donors (Lipinski definition) is 0. The van der Waals surface area contributed by atoms with E-state index >= 15 is 0 Å². The average molecular weight is 1110 g/mol. The molecule has 4 heterocycles. The second-order valence-corrected chi connectivity index (χ2v) is 30.8. The Kier molecular flexibility index (Phi) is 11.6. The molecule has 4 heteroatoms. The van der Waals surface area contributed by atoms with E-state index in [-0.39, 0.29) is 44.7 Å². The summed E-state index contributed by atoms with van der Waals surface area (Å²) in [6.45, 7) is 34.3. The maximum atomic E-state index is 2.89. The molecule has 3 nitrogen and oxygen atoms in total. The number of benzene rings is 9. The third-order valence-electron chi connectivity index (χ3n) is 22.2. The summed E-state index contributed by atoms with van der Waals surface area (Å²) in [5, 5.41) is 0. The Morgan fingerprint density at radius 2 is 0.859 bits per heavy atom. The zero-order chi connectivity index (χ0) is 59.1. The molecular weight excluding hydrogens is 1030 g/mol. The van der Waals surface area contributed by atoms with Crippen molar-refractivity contribution < 1.29 is 0 Å². The second-order valence-electron chi connectivity index (χ2n) is 30.8. The SMILES string of the molecule is CC(C)(C)c1ccc(N2c3ccc4cc3B3c5cc6c(cc5N(c5ccc(C(C)(C)C)cc5-c5ccccc5)c5cc(C(C)(C)C)cc2c53)C(C)(C)CCC6(C)c2cc3c(cc2-c2ccccc2)C2(C)CCCCC2(C)N43)c(-c2ccccc2)c1.